The third-order valence-corrected chi connectivity index (χ3v) is 3.51. The van der Waals surface area contributed by atoms with E-state index in [1.165, 1.54) is 43.2 Å². The zero-order valence-corrected chi connectivity index (χ0v) is 10.5. The summed E-state index contributed by atoms with van der Waals surface area (Å²) in [4.78, 5) is 0. The van der Waals surface area contributed by atoms with Gasteiger partial charge in [0.1, 0.15) is 0 Å². The van der Waals surface area contributed by atoms with Crippen LogP contribution in [0.2, 0.25) is 0 Å². The molecule has 0 saturated carbocycles. The Hall–Kier alpha value is -0.820. The van der Waals surface area contributed by atoms with Gasteiger partial charge in [-0.1, -0.05) is 44.0 Å². The van der Waals surface area contributed by atoms with Crippen LogP contribution in [-0.2, 0) is 6.42 Å². The van der Waals surface area contributed by atoms with Gasteiger partial charge in [-0.3, -0.25) is 0 Å². The van der Waals surface area contributed by atoms with Crippen molar-refractivity contribution in [3.8, 4) is 0 Å². The number of benzene rings is 1. The first kappa shape index (κ1) is 11.7. The molecule has 0 radical (unpaired) electrons. The van der Waals surface area contributed by atoms with Crippen LogP contribution in [0.15, 0.2) is 24.3 Å². The summed E-state index contributed by atoms with van der Waals surface area (Å²) in [7, 11) is 0. The molecule has 1 heteroatoms. The topological polar surface area (TPSA) is 12.0 Å². The van der Waals surface area contributed by atoms with Gasteiger partial charge in [-0.25, -0.2) is 0 Å². The molecule has 0 amide bonds. The van der Waals surface area contributed by atoms with Gasteiger partial charge in [-0.05, 0) is 37.3 Å². The molecule has 88 valence electrons. The summed E-state index contributed by atoms with van der Waals surface area (Å²) < 4.78 is 0. The van der Waals surface area contributed by atoms with Gasteiger partial charge in [0.2, 0.25) is 0 Å². The molecule has 0 aliphatic carbocycles. The molecule has 1 fully saturated rings. The number of hydrogen-bond acceptors (Lipinski definition) is 1. The first-order valence-electron chi connectivity index (χ1n) is 6.64. The van der Waals surface area contributed by atoms with Gasteiger partial charge >= 0.3 is 0 Å². The minimum atomic E-state index is 0.584. The molecular formula is C15H23N. The Labute approximate surface area is 99.3 Å². The molecule has 2 rings (SSSR count). The van der Waals surface area contributed by atoms with Crippen molar-refractivity contribution in [3.05, 3.63) is 35.4 Å². The zero-order chi connectivity index (χ0) is 11.4. The first-order valence-corrected chi connectivity index (χ1v) is 6.64. The van der Waals surface area contributed by atoms with Crippen molar-refractivity contribution in [2.45, 2.75) is 58.0 Å². The molecule has 1 aliphatic heterocycles. The third-order valence-electron chi connectivity index (χ3n) is 3.51. The van der Waals surface area contributed by atoms with E-state index < -0.39 is 0 Å². The van der Waals surface area contributed by atoms with E-state index in [1.54, 1.807) is 0 Å². The predicted octanol–water partition coefficient (Wildman–Crippen LogP) is 3.84. The molecule has 0 bridgehead atoms. The van der Waals surface area contributed by atoms with E-state index in [-0.39, 0.29) is 0 Å². The molecule has 1 nitrogen and oxygen atoms in total. The molecule has 1 aromatic carbocycles. The van der Waals surface area contributed by atoms with Crippen LogP contribution in [0.5, 0.6) is 0 Å². The van der Waals surface area contributed by atoms with Crippen LogP contribution in [0, 0.1) is 0 Å². The number of rotatable bonds is 3. The minimum Gasteiger partial charge on any atom is -0.307 e. The minimum absolute atomic E-state index is 0.584. The van der Waals surface area contributed by atoms with Crippen LogP contribution in [0.3, 0.4) is 0 Å². The van der Waals surface area contributed by atoms with Crippen molar-refractivity contribution in [1.82, 2.24) is 5.32 Å². The van der Waals surface area contributed by atoms with Gasteiger partial charge in [-0.15, -0.1) is 0 Å². The largest absolute Gasteiger partial charge is 0.307 e. The SMILES string of the molecule is CCCc1cccc(C2CCCC(C)N2)c1. The smallest absolute Gasteiger partial charge is 0.0322 e. The van der Waals surface area contributed by atoms with E-state index in [1.807, 2.05) is 0 Å². The maximum absolute atomic E-state index is 3.70. The van der Waals surface area contributed by atoms with Crippen LogP contribution >= 0.6 is 0 Å². The third kappa shape index (κ3) is 2.85. The lowest BCUT2D eigenvalue weighted by Gasteiger charge is -2.29. The molecule has 0 aromatic heterocycles. The summed E-state index contributed by atoms with van der Waals surface area (Å²) in [6.45, 7) is 4.54. The summed E-state index contributed by atoms with van der Waals surface area (Å²) in [6, 6.07) is 10.4. The van der Waals surface area contributed by atoms with Crippen LogP contribution in [0.25, 0.3) is 0 Å². The number of nitrogens with one attached hydrogen (secondary N) is 1. The van der Waals surface area contributed by atoms with E-state index in [2.05, 4.69) is 43.4 Å². The lowest BCUT2D eigenvalue weighted by Crippen LogP contribution is -2.34. The molecule has 1 N–H and O–H groups in total. The number of aryl methyl sites for hydroxylation is 1. The van der Waals surface area contributed by atoms with E-state index in [0.717, 1.165) is 0 Å². The normalized spacial score (nSPS) is 25.6. The Morgan fingerprint density at radius 2 is 2.19 bits per heavy atom. The molecule has 1 aliphatic rings. The van der Waals surface area contributed by atoms with Crippen molar-refractivity contribution in [1.29, 1.82) is 0 Å². The first-order chi connectivity index (χ1) is 7.79. The van der Waals surface area contributed by atoms with Crippen molar-refractivity contribution in [2.24, 2.45) is 0 Å². The van der Waals surface area contributed by atoms with E-state index in [9.17, 15) is 0 Å². The number of hydrogen-bond donors (Lipinski definition) is 1. The Morgan fingerprint density at radius 3 is 2.94 bits per heavy atom. The highest BCUT2D eigenvalue weighted by molar-refractivity contribution is 5.26. The van der Waals surface area contributed by atoms with Crippen molar-refractivity contribution in [2.75, 3.05) is 0 Å². The van der Waals surface area contributed by atoms with Crippen LogP contribution in [-0.4, -0.2) is 6.04 Å². The lowest BCUT2D eigenvalue weighted by atomic mass is 9.93. The maximum Gasteiger partial charge on any atom is 0.0322 e. The van der Waals surface area contributed by atoms with Gasteiger partial charge in [0, 0.05) is 12.1 Å². The molecule has 16 heavy (non-hydrogen) atoms. The van der Waals surface area contributed by atoms with Crippen LogP contribution < -0.4 is 5.32 Å². The Balaban J connectivity index is 2.09. The molecule has 1 aromatic rings. The van der Waals surface area contributed by atoms with Gasteiger partial charge in [0.05, 0.1) is 0 Å². The molecule has 1 heterocycles. The second kappa shape index (κ2) is 5.49. The van der Waals surface area contributed by atoms with Gasteiger partial charge in [-0.2, -0.15) is 0 Å². The average Bonchev–Trinajstić information content (AvgIpc) is 2.30. The van der Waals surface area contributed by atoms with Crippen molar-refractivity contribution in [3.63, 3.8) is 0 Å². The molecule has 1 saturated heterocycles. The van der Waals surface area contributed by atoms with Gasteiger partial charge < -0.3 is 5.32 Å². The Morgan fingerprint density at radius 1 is 1.31 bits per heavy atom. The Bertz CT molecular complexity index is 332. The van der Waals surface area contributed by atoms with E-state index in [4.69, 9.17) is 0 Å². The molecule has 0 spiro atoms. The van der Waals surface area contributed by atoms with Crippen LogP contribution in [0.4, 0.5) is 0 Å². The lowest BCUT2D eigenvalue weighted by molar-refractivity contribution is 0.341. The van der Waals surface area contributed by atoms with Gasteiger partial charge in [0.15, 0.2) is 0 Å². The predicted molar refractivity (Wildman–Crippen MR) is 69.6 cm³/mol. The highest BCUT2D eigenvalue weighted by atomic mass is 15.0. The van der Waals surface area contributed by atoms with Crippen molar-refractivity contribution >= 4 is 0 Å². The van der Waals surface area contributed by atoms with E-state index in [0.29, 0.717) is 12.1 Å². The fourth-order valence-electron chi connectivity index (χ4n) is 2.66. The standard InChI is InChI=1S/C15H23N/c1-3-6-13-8-5-9-14(11-13)15-10-4-7-12(2)16-15/h5,8-9,11-12,15-16H,3-4,6-7,10H2,1-2H3. The highest BCUT2D eigenvalue weighted by Gasteiger charge is 2.18. The highest BCUT2D eigenvalue weighted by Crippen LogP contribution is 2.26. The molecular weight excluding hydrogens is 194 g/mol. The van der Waals surface area contributed by atoms with Gasteiger partial charge in [0.25, 0.3) is 0 Å². The summed E-state index contributed by atoms with van der Waals surface area (Å²) in [5, 5.41) is 3.70. The second-order valence-corrected chi connectivity index (χ2v) is 5.05. The second-order valence-electron chi connectivity index (χ2n) is 5.05. The summed E-state index contributed by atoms with van der Waals surface area (Å²) in [5.41, 5.74) is 2.97. The van der Waals surface area contributed by atoms with E-state index >= 15 is 0 Å². The zero-order valence-electron chi connectivity index (χ0n) is 10.5. The summed E-state index contributed by atoms with van der Waals surface area (Å²) >= 11 is 0. The Kier molecular flexibility index (Phi) is 4.00. The average molecular weight is 217 g/mol. The summed E-state index contributed by atoms with van der Waals surface area (Å²) in [5.74, 6) is 0. The number of piperidine rings is 1. The maximum atomic E-state index is 3.70. The monoisotopic (exact) mass is 217 g/mol. The quantitative estimate of drug-likeness (QED) is 0.811. The molecule has 2 unspecified atom stereocenters. The van der Waals surface area contributed by atoms with Crippen LogP contribution in [0.1, 0.15) is 56.7 Å². The molecule has 2 atom stereocenters. The summed E-state index contributed by atoms with van der Waals surface area (Å²) in [6.07, 6.45) is 6.41. The fraction of sp³-hybridized carbons (Fsp3) is 0.600. The van der Waals surface area contributed by atoms with Crippen molar-refractivity contribution < 1.29 is 0 Å². The fourth-order valence-corrected chi connectivity index (χ4v) is 2.66.